The molecule has 0 aromatic carbocycles. The van der Waals surface area contributed by atoms with Gasteiger partial charge >= 0.3 is 0 Å². The Balaban J connectivity index is 1.79. The van der Waals surface area contributed by atoms with Crippen molar-refractivity contribution in [1.29, 1.82) is 0 Å². The third-order valence-electron chi connectivity index (χ3n) is 4.60. The second-order valence-corrected chi connectivity index (χ2v) is 6.35. The second-order valence-electron chi connectivity index (χ2n) is 6.35. The molecule has 7 nitrogen and oxygen atoms in total. The van der Waals surface area contributed by atoms with E-state index in [9.17, 15) is 9.59 Å². The summed E-state index contributed by atoms with van der Waals surface area (Å²) in [5.74, 6) is 0.122. The maximum absolute atomic E-state index is 12.4. The number of rotatable bonds is 7. The maximum atomic E-state index is 12.4. The molecule has 134 valence electrons. The Morgan fingerprint density at radius 1 is 1.33 bits per heavy atom. The molecule has 0 radical (unpaired) electrons. The second kappa shape index (κ2) is 8.82. The van der Waals surface area contributed by atoms with Crippen LogP contribution >= 0.6 is 0 Å². The fourth-order valence-electron chi connectivity index (χ4n) is 2.96. The van der Waals surface area contributed by atoms with Crippen molar-refractivity contribution < 1.29 is 9.59 Å². The van der Waals surface area contributed by atoms with Crippen LogP contribution in [0.1, 0.15) is 40.0 Å². The van der Waals surface area contributed by atoms with Gasteiger partial charge in [-0.3, -0.25) is 19.2 Å². The number of nitrogens with one attached hydrogen (secondary N) is 2. The van der Waals surface area contributed by atoms with Crippen molar-refractivity contribution in [3.05, 3.63) is 12.4 Å². The van der Waals surface area contributed by atoms with E-state index in [1.165, 1.54) is 0 Å². The molecule has 1 fully saturated rings. The molecule has 0 bridgehead atoms. The van der Waals surface area contributed by atoms with Crippen LogP contribution < -0.4 is 10.6 Å². The number of piperidine rings is 1. The molecule has 2 N–H and O–H groups in total. The predicted octanol–water partition coefficient (Wildman–Crippen LogP) is 1.47. The molecular formula is C17H29N5O2. The van der Waals surface area contributed by atoms with E-state index in [1.807, 2.05) is 27.0 Å². The summed E-state index contributed by atoms with van der Waals surface area (Å²) in [4.78, 5) is 26.6. The molecule has 2 heterocycles. The molecule has 0 saturated carbocycles. The van der Waals surface area contributed by atoms with Crippen molar-refractivity contribution in [2.45, 2.75) is 52.6 Å². The summed E-state index contributed by atoms with van der Waals surface area (Å²) >= 11 is 0. The Kier molecular flexibility index (Phi) is 6.78. The average Bonchev–Trinajstić information content (AvgIpc) is 3.06. The van der Waals surface area contributed by atoms with E-state index in [-0.39, 0.29) is 23.8 Å². The largest absolute Gasteiger partial charge is 0.355 e. The summed E-state index contributed by atoms with van der Waals surface area (Å²) in [6.07, 6.45) is 6.01. The molecule has 1 atom stereocenters. The number of likely N-dealkylation sites (tertiary alicyclic amines) is 1. The van der Waals surface area contributed by atoms with Gasteiger partial charge in [0.25, 0.3) is 0 Å². The highest BCUT2D eigenvalue weighted by Crippen LogP contribution is 2.21. The van der Waals surface area contributed by atoms with Crippen LogP contribution in [0.2, 0.25) is 0 Å². The van der Waals surface area contributed by atoms with Crippen molar-refractivity contribution in [2.24, 2.45) is 5.92 Å². The Hall–Kier alpha value is -1.89. The van der Waals surface area contributed by atoms with Gasteiger partial charge in [0.2, 0.25) is 11.8 Å². The highest BCUT2D eigenvalue weighted by molar-refractivity contribution is 5.92. The van der Waals surface area contributed by atoms with Crippen LogP contribution in [0, 0.1) is 5.92 Å². The minimum atomic E-state index is -0.136. The number of aromatic nitrogens is 2. The number of carbonyl (C=O) groups excluding carboxylic acids is 2. The maximum Gasteiger partial charge on any atom is 0.237 e. The fraction of sp³-hybridized carbons (Fsp3) is 0.706. The summed E-state index contributed by atoms with van der Waals surface area (Å²) in [5, 5.41) is 10.0. The molecule has 1 aromatic rings. The Labute approximate surface area is 143 Å². The minimum absolute atomic E-state index is 0.00266. The summed E-state index contributed by atoms with van der Waals surface area (Å²) in [5.41, 5.74) is 0.747. The number of amides is 2. The Morgan fingerprint density at radius 2 is 2.04 bits per heavy atom. The van der Waals surface area contributed by atoms with Gasteiger partial charge in [-0.2, -0.15) is 5.10 Å². The first-order valence-corrected chi connectivity index (χ1v) is 8.90. The fourth-order valence-corrected chi connectivity index (χ4v) is 2.96. The SMILES string of the molecule is CCCNC(=O)[C@H](C)N1CCC(C(=O)Nc2cnn(CC)c2)CC1. The standard InChI is InChI=1S/C17H29N5O2/c1-4-8-18-16(23)13(3)21-9-6-14(7-10-21)17(24)20-15-11-19-22(5-2)12-15/h11-14H,4-10H2,1-3H3,(H,18,23)(H,20,24)/t13-/m0/s1. The monoisotopic (exact) mass is 335 g/mol. The van der Waals surface area contributed by atoms with Crippen molar-refractivity contribution >= 4 is 17.5 Å². The Bertz CT molecular complexity index is 549. The minimum Gasteiger partial charge on any atom is -0.355 e. The van der Waals surface area contributed by atoms with Gasteiger partial charge < -0.3 is 10.6 Å². The smallest absolute Gasteiger partial charge is 0.237 e. The summed E-state index contributed by atoms with van der Waals surface area (Å²) in [6, 6.07) is -0.136. The average molecular weight is 335 g/mol. The van der Waals surface area contributed by atoms with Crippen LogP contribution in [0.15, 0.2) is 12.4 Å². The molecule has 1 aliphatic rings. The molecule has 1 saturated heterocycles. The number of carbonyl (C=O) groups is 2. The first kappa shape index (κ1) is 18.4. The first-order valence-electron chi connectivity index (χ1n) is 8.90. The summed E-state index contributed by atoms with van der Waals surface area (Å²) in [7, 11) is 0. The van der Waals surface area contributed by atoms with Gasteiger partial charge in [0.1, 0.15) is 0 Å². The normalized spacial score (nSPS) is 17.5. The number of aryl methyl sites for hydroxylation is 1. The third-order valence-corrected chi connectivity index (χ3v) is 4.60. The van der Waals surface area contributed by atoms with E-state index in [1.54, 1.807) is 10.9 Å². The van der Waals surface area contributed by atoms with Gasteiger partial charge in [-0.25, -0.2) is 0 Å². The molecule has 1 aliphatic heterocycles. The third kappa shape index (κ3) is 4.80. The lowest BCUT2D eigenvalue weighted by Gasteiger charge is -2.34. The quantitative estimate of drug-likeness (QED) is 0.791. The molecule has 2 rings (SSSR count). The summed E-state index contributed by atoms with van der Waals surface area (Å²) < 4.78 is 1.79. The highest BCUT2D eigenvalue weighted by Gasteiger charge is 2.29. The molecular weight excluding hydrogens is 306 g/mol. The van der Waals surface area contributed by atoms with Crippen molar-refractivity contribution in [2.75, 3.05) is 25.0 Å². The van der Waals surface area contributed by atoms with Crippen molar-refractivity contribution in [3.63, 3.8) is 0 Å². The zero-order chi connectivity index (χ0) is 17.5. The van der Waals surface area contributed by atoms with E-state index in [2.05, 4.69) is 20.6 Å². The Morgan fingerprint density at radius 3 is 2.62 bits per heavy atom. The van der Waals surface area contributed by atoms with E-state index in [0.29, 0.717) is 6.54 Å². The topological polar surface area (TPSA) is 79.3 Å². The molecule has 0 unspecified atom stereocenters. The lowest BCUT2D eigenvalue weighted by Crippen LogP contribution is -2.49. The first-order chi connectivity index (χ1) is 11.5. The molecule has 7 heteroatoms. The van der Waals surface area contributed by atoms with Gasteiger partial charge in [-0.05, 0) is 46.2 Å². The number of anilines is 1. The zero-order valence-corrected chi connectivity index (χ0v) is 14.9. The van der Waals surface area contributed by atoms with Crippen LogP contribution in [-0.2, 0) is 16.1 Å². The lowest BCUT2D eigenvalue weighted by atomic mass is 9.95. The van der Waals surface area contributed by atoms with Crippen LogP contribution in [0.25, 0.3) is 0 Å². The number of nitrogens with zero attached hydrogens (tertiary/aromatic N) is 3. The van der Waals surface area contributed by atoms with Crippen LogP contribution in [0.5, 0.6) is 0 Å². The predicted molar refractivity (Wildman–Crippen MR) is 93.6 cm³/mol. The molecule has 0 aliphatic carbocycles. The molecule has 0 spiro atoms. The van der Waals surface area contributed by atoms with E-state index in [0.717, 1.165) is 44.6 Å². The lowest BCUT2D eigenvalue weighted by molar-refractivity contribution is -0.127. The van der Waals surface area contributed by atoms with Crippen LogP contribution in [0.3, 0.4) is 0 Å². The van der Waals surface area contributed by atoms with E-state index in [4.69, 9.17) is 0 Å². The van der Waals surface area contributed by atoms with E-state index >= 15 is 0 Å². The van der Waals surface area contributed by atoms with E-state index < -0.39 is 0 Å². The zero-order valence-electron chi connectivity index (χ0n) is 14.9. The van der Waals surface area contributed by atoms with Gasteiger partial charge in [0.15, 0.2) is 0 Å². The van der Waals surface area contributed by atoms with Gasteiger partial charge in [0, 0.05) is 25.2 Å². The number of hydrogen-bond donors (Lipinski definition) is 2. The van der Waals surface area contributed by atoms with Gasteiger partial charge in [-0.15, -0.1) is 0 Å². The molecule has 1 aromatic heterocycles. The van der Waals surface area contributed by atoms with Gasteiger partial charge in [-0.1, -0.05) is 6.92 Å². The van der Waals surface area contributed by atoms with Crippen molar-refractivity contribution in [3.8, 4) is 0 Å². The van der Waals surface area contributed by atoms with Gasteiger partial charge in [0.05, 0.1) is 17.9 Å². The highest BCUT2D eigenvalue weighted by atomic mass is 16.2. The van der Waals surface area contributed by atoms with Crippen LogP contribution in [0.4, 0.5) is 5.69 Å². The molecule has 24 heavy (non-hydrogen) atoms. The summed E-state index contributed by atoms with van der Waals surface area (Å²) in [6.45, 7) is 9.02. The van der Waals surface area contributed by atoms with Crippen molar-refractivity contribution in [1.82, 2.24) is 20.0 Å². The molecule has 2 amide bonds. The number of hydrogen-bond acceptors (Lipinski definition) is 4. The van der Waals surface area contributed by atoms with Crippen LogP contribution in [-0.4, -0.2) is 52.2 Å².